The van der Waals surface area contributed by atoms with Crippen molar-refractivity contribution in [1.82, 2.24) is 0 Å². The lowest BCUT2D eigenvalue weighted by Gasteiger charge is -2.23. The van der Waals surface area contributed by atoms with Crippen LogP contribution >= 0.6 is 15.9 Å². The summed E-state index contributed by atoms with van der Waals surface area (Å²) >= 11 is 3.23. The molecule has 0 spiro atoms. The maximum Gasteiger partial charge on any atom is 0.129 e. The minimum absolute atomic E-state index is 0.00786. The monoisotopic (exact) mass is 275 g/mol. The highest BCUT2D eigenvalue weighted by Gasteiger charge is 2.24. The number of aliphatic hydroxyl groups excluding tert-OH is 1. The molecule has 1 rings (SSSR count). The lowest BCUT2D eigenvalue weighted by Crippen LogP contribution is -2.31. The van der Waals surface area contributed by atoms with E-state index in [1.807, 2.05) is 13.8 Å². The fraction of sp³-hybridized carbons (Fsp3) is 0.455. The molecule has 0 amide bonds. The van der Waals surface area contributed by atoms with Crippen molar-refractivity contribution in [1.29, 1.82) is 0 Å². The van der Waals surface area contributed by atoms with Crippen LogP contribution in [0.4, 0.5) is 4.39 Å². The second kappa shape index (κ2) is 5.05. The summed E-state index contributed by atoms with van der Waals surface area (Å²) in [6.07, 6.45) is -0.752. The molecule has 0 radical (unpaired) electrons. The van der Waals surface area contributed by atoms with Gasteiger partial charge in [-0.25, -0.2) is 4.39 Å². The van der Waals surface area contributed by atoms with Gasteiger partial charge in [0.15, 0.2) is 0 Å². The zero-order valence-electron chi connectivity index (χ0n) is 8.74. The van der Waals surface area contributed by atoms with E-state index in [2.05, 4.69) is 15.9 Å². The number of halogens is 2. The number of hydrogen-bond acceptors (Lipinski definition) is 2. The molecule has 1 aromatic carbocycles. The molecular weight excluding hydrogens is 261 g/mol. The largest absolute Gasteiger partial charge is 0.391 e. The molecule has 0 saturated heterocycles. The summed E-state index contributed by atoms with van der Waals surface area (Å²) in [5.74, 6) is -0.400. The van der Waals surface area contributed by atoms with E-state index in [0.717, 1.165) is 0 Å². The molecule has 0 unspecified atom stereocenters. The van der Waals surface area contributed by atoms with Crippen molar-refractivity contribution in [2.24, 2.45) is 11.7 Å². The van der Waals surface area contributed by atoms with Crippen LogP contribution in [0.1, 0.15) is 25.5 Å². The molecule has 0 aliphatic heterocycles. The van der Waals surface area contributed by atoms with Gasteiger partial charge in [-0.1, -0.05) is 35.8 Å². The van der Waals surface area contributed by atoms with Crippen LogP contribution in [-0.4, -0.2) is 11.2 Å². The Morgan fingerprint density at radius 2 is 2.00 bits per heavy atom. The third-order valence-corrected chi connectivity index (χ3v) is 3.08. The Morgan fingerprint density at radius 1 is 1.40 bits per heavy atom. The van der Waals surface area contributed by atoms with Crippen molar-refractivity contribution in [3.63, 3.8) is 0 Å². The van der Waals surface area contributed by atoms with E-state index in [-0.39, 0.29) is 5.92 Å². The molecule has 15 heavy (non-hydrogen) atoms. The fourth-order valence-electron chi connectivity index (χ4n) is 1.41. The molecule has 0 fully saturated rings. The van der Waals surface area contributed by atoms with Gasteiger partial charge >= 0.3 is 0 Å². The van der Waals surface area contributed by atoms with E-state index in [9.17, 15) is 9.50 Å². The number of benzene rings is 1. The Kier molecular flexibility index (Phi) is 4.25. The Hall–Kier alpha value is -0.450. The van der Waals surface area contributed by atoms with Gasteiger partial charge < -0.3 is 10.8 Å². The molecule has 4 heteroatoms. The Balaban J connectivity index is 3.05. The minimum atomic E-state index is -0.752. The molecule has 84 valence electrons. The molecule has 2 atom stereocenters. The second-order valence-corrected chi connectivity index (χ2v) is 4.75. The highest BCUT2D eigenvalue weighted by Crippen LogP contribution is 2.28. The minimum Gasteiger partial charge on any atom is -0.391 e. The van der Waals surface area contributed by atoms with Crippen LogP contribution in [0.2, 0.25) is 0 Å². The van der Waals surface area contributed by atoms with Gasteiger partial charge in [0.05, 0.1) is 12.1 Å². The lowest BCUT2D eigenvalue weighted by molar-refractivity contribution is 0.0964. The summed E-state index contributed by atoms with van der Waals surface area (Å²) in [5.41, 5.74) is 6.15. The maximum absolute atomic E-state index is 13.5. The van der Waals surface area contributed by atoms with Crippen molar-refractivity contribution in [3.8, 4) is 0 Å². The average molecular weight is 276 g/mol. The van der Waals surface area contributed by atoms with Crippen LogP contribution in [0.5, 0.6) is 0 Å². The topological polar surface area (TPSA) is 46.2 Å². The van der Waals surface area contributed by atoms with Crippen molar-refractivity contribution < 1.29 is 9.50 Å². The first kappa shape index (κ1) is 12.6. The van der Waals surface area contributed by atoms with Crippen LogP contribution in [0.15, 0.2) is 22.7 Å². The molecule has 1 aromatic rings. The summed E-state index contributed by atoms with van der Waals surface area (Å²) < 4.78 is 14.1. The first-order chi connectivity index (χ1) is 6.95. The molecule has 3 N–H and O–H groups in total. The molecule has 0 aliphatic rings. The summed E-state index contributed by atoms with van der Waals surface area (Å²) in [7, 11) is 0. The van der Waals surface area contributed by atoms with Crippen molar-refractivity contribution in [3.05, 3.63) is 34.1 Å². The van der Waals surface area contributed by atoms with Crippen molar-refractivity contribution in [2.75, 3.05) is 0 Å². The second-order valence-electron chi connectivity index (χ2n) is 3.90. The highest BCUT2D eigenvalue weighted by molar-refractivity contribution is 9.10. The van der Waals surface area contributed by atoms with E-state index in [0.29, 0.717) is 10.0 Å². The van der Waals surface area contributed by atoms with Crippen LogP contribution in [-0.2, 0) is 0 Å². The molecule has 2 nitrogen and oxygen atoms in total. The van der Waals surface area contributed by atoms with Gasteiger partial charge in [0.2, 0.25) is 0 Å². The van der Waals surface area contributed by atoms with Crippen LogP contribution in [0.25, 0.3) is 0 Å². The highest BCUT2D eigenvalue weighted by atomic mass is 79.9. The molecule has 0 bridgehead atoms. The molecular formula is C11H15BrFNO. The third kappa shape index (κ3) is 2.77. The van der Waals surface area contributed by atoms with Crippen LogP contribution in [0.3, 0.4) is 0 Å². The van der Waals surface area contributed by atoms with Crippen molar-refractivity contribution in [2.45, 2.75) is 26.0 Å². The first-order valence-electron chi connectivity index (χ1n) is 4.82. The smallest absolute Gasteiger partial charge is 0.129 e. The summed E-state index contributed by atoms with van der Waals surface area (Å²) in [4.78, 5) is 0. The van der Waals surface area contributed by atoms with Gasteiger partial charge in [0.25, 0.3) is 0 Å². The third-order valence-electron chi connectivity index (χ3n) is 2.38. The van der Waals surface area contributed by atoms with Gasteiger partial charge in [0, 0.05) is 10.0 Å². The molecule has 0 aliphatic carbocycles. The van der Waals surface area contributed by atoms with Gasteiger partial charge in [-0.3, -0.25) is 0 Å². The average Bonchev–Trinajstić information content (AvgIpc) is 2.15. The standard InChI is InChI=1S/C11H15BrFNO/c1-6(2)11(15)10(14)9-7(12)4-3-5-8(9)13/h3-6,10-11,15H,14H2,1-2H3/t10-,11+/m0/s1. The van der Waals surface area contributed by atoms with Gasteiger partial charge in [-0.2, -0.15) is 0 Å². The number of aliphatic hydroxyl groups is 1. The predicted molar refractivity (Wildman–Crippen MR) is 61.9 cm³/mol. The lowest BCUT2D eigenvalue weighted by atomic mass is 9.94. The Labute approximate surface area is 97.4 Å². The van der Waals surface area contributed by atoms with E-state index in [1.54, 1.807) is 12.1 Å². The maximum atomic E-state index is 13.5. The fourth-order valence-corrected chi connectivity index (χ4v) is 2.02. The quantitative estimate of drug-likeness (QED) is 0.891. The van der Waals surface area contributed by atoms with E-state index >= 15 is 0 Å². The Bertz CT molecular complexity index is 323. The normalized spacial score (nSPS) is 15.4. The predicted octanol–water partition coefficient (Wildman–Crippen LogP) is 2.60. The SMILES string of the molecule is CC(C)[C@@H](O)[C@@H](N)c1c(F)cccc1Br. The van der Waals surface area contributed by atoms with E-state index < -0.39 is 18.0 Å². The van der Waals surface area contributed by atoms with E-state index in [4.69, 9.17) is 5.73 Å². The summed E-state index contributed by atoms with van der Waals surface area (Å²) in [6.45, 7) is 3.69. The molecule has 0 heterocycles. The summed E-state index contributed by atoms with van der Waals surface area (Å²) in [5, 5.41) is 9.78. The molecule has 0 aromatic heterocycles. The summed E-state index contributed by atoms with van der Waals surface area (Å²) in [6, 6.07) is 3.94. The van der Waals surface area contributed by atoms with Crippen LogP contribution < -0.4 is 5.73 Å². The number of rotatable bonds is 3. The Morgan fingerprint density at radius 3 is 2.47 bits per heavy atom. The van der Waals surface area contributed by atoms with Gasteiger partial charge in [-0.05, 0) is 18.1 Å². The zero-order valence-corrected chi connectivity index (χ0v) is 10.3. The number of hydrogen-bond donors (Lipinski definition) is 2. The first-order valence-corrected chi connectivity index (χ1v) is 5.62. The van der Waals surface area contributed by atoms with E-state index in [1.165, 1.54) is 6.07 Å². The van der Waals surface area contributed by atoms with Crippen molar-refractivity contribution >= 4 is 15.9 Å². The van der Waals surface area contributed by atoms with Gasteiger partial charge in [0.1, 0.15) is 5.82 Å². The van der Waals surface area contributed by atoms with Crippen LogP contribution in [0, 0.1) is 11.7 Å². The zero-order chi connectivity index (χ0) is 11.6. The number of nitrogens with two attached hydrogens (primary N) is 1. The van der Waals surface area contributed by atoms with Gasteiger partial charge in [-0.15, -0.1) is 0 Å². The molecule has 0 saturated carbocycles.